The molecule has 7 heteroatoms. The van der Waals surface area contributed by atoms with E-state index in [-0.39, 0.29) is 18.0 Å². The third-order valence-corrected chi connectivity index (χ3v) is 7.21. The van der Waals surface area contributed by atoms with Gasteiger partial charge in [0.1, 0.15) is 11.4 Å². The second-order valence-corrected chi connectivity index (χ2v) is 9.47. The number of thiophene rings is 1. The maximum atomic E-state index is 12.9. The number of hydrogen-bond acceptors (Lipinski definition) is 5. The van der Waals surface area contributed by atoms with Crippen molar-refractivity contribution in [3.63, 3.8) is 0 Å². The quantitative estimate of drug-likeness (QED) is 0.496. The van der Waals surface area contributed by atoms with Crippen LogP contribution in [0, 0.1) is 5.92 Å². The van der Waals surface area contributed by atoms with Gasteiger partial charge < -0.3 is 5.32 Å². The van der Waals surface area contributed by atoms with E-state index in [0.717, 1.165) is 40.8 Å². The molecule has 1 aromatic carbocycles. The van der Waals surface area contributed by atoms with Crippen LogP contribution in [0.1, 0.15) is 23.8 Å². The summed E-state index contributed by atoms with van der Waals surface area (Å²) in [5.74, 6) is 1.29. The van der Waals surface area contributed by atoms with Crippen LogP contribution < -0.4 is 10.9 Å². The van der Waals surface area contributed by atoms with E-state index in [4.69, 9.17) is 0 Å². The van der Waals surface area contributed by atoms with E-state index in [1.54, 1.807) is 23.1 Å². The molecule has 0 radical (unpaired) electrons. The summed E-state index contributed by atoms with van der Waals surface area (Å²) >= 11 is 3.33. The van der Waals surface area contributed by atoms with Gasteiger partial charge in [-0.3, -0.25) is 14.2 Å². The highest BCUT2D eigenvalue weighted by atomic mass is 32.2. The number of rotatable bonds is 6. The van der Waals surface area contributed by atoms with Gasteiger partial charge in [0.05, 0.1) is 11.7 Å². The van der Waals surface area contributed by atoms with Gasteiger partial charge in [0, 0.05) is 22.1 Å². The lowest BCUT2D eigenvalue weighted by Crippen LogP contribution is -2.33. The van der Waals surface area contributed by atoms with Crippen molar-refractivity contribution < 1.29 is 4.79 Å². The minimum Gasteiger partial charge on any atom is -0.354 e. The number of nitrogens with one attached hydrogen (secondary N) is 1. The Kier molecular flexibility index (Phi) is 5.82. The Labute approximate surface area is 172 Å². The minimum atomic E-state index is -0.158. The molecule has 0 bridgehead atoms. The number of hydrogen-bond donors (Lipinski definition) is 1. The molecule has 0 saturated carbocycles. The Morgan fingerprint density at radius 1 is 1.36 bits per heavy atom. The number of thioether (sulfide) groups is 1. The van der Waals surface area contributed by atoms with Crippen molar-refractivity contribution in [2.75, 3.05) is 12.3 Å². The Bertz CT molecular complexity index is 1040. The first-order valence-electron chi connectivity index (χ1n) is 9.56. The molecular formula is C21H23N3O2S2. The molecule has 0 spiro atoms. The van der Waals surface area contributed by atoms with Gasteiger partial charge >= 0.3 is 0 Å². The number of nitrogens with zero attached hydrogens (tertiary/aromatic N) is 2. The van der Waals surface area contributed by atoms with Gasteiger partial charge in [-0.15, -0.1) is 23.1 Å². The molecule has 1 N–H and O–H groups in total. The van der Waals surface area contributed by atoms with Crippen molar-refractivity contribution in [2.24, 2.45) is 5.92 Å². The Morgan fingerprint density at radius 2 is 2.18 bits per heavy atom. The molecule has 0 aliphatic heterocycles. The molecular weight excluding hydrogens is 390 g/mol. The van der Waals surface area contributed by atoms with Crippen molar-refractivity contribution in [2.45, 2.75) is 37.6 Å². The molecule has 0 unspecified atom stereocenters. The summed E-state index contributed by atoms with van der Waals surface area (Å²) in [5.41, 5.74) is 1.07. The van der Waals surface area contributed by atoms with Crippen LogP contribution in [0.2, 0.25) is 0 Å². The molecule has 0 saturated heterocycles. The lowest BCUT2D eigenvalue weighted by Gasteiger charge is -2.17. The zero-order valence-electron chi connectivity index (χ0n) is 15.8. The van der Waals surface area contributed by atoms with Crippen molar-refractivity contribution in [1.82, 2.24) is 14.9 Å². The molecule has 28 heavy (non-hydrogen) atoms. The fraction of sp³-hybridized carbons (Fsp3) is 0.381. The fourth-order valence-corrected chi connectivity index (χ4v) is 5.70. The highest BCUT2D eigenvalue weighted by molar-refractivity contribution is 7.99. The highest BCUT2D eigenvalue weighted by Gasteiger charge is 2.23. The van der Waals surface area contributed by atoms with E-state index in [9.17, 15) is 9.59 Å². The Morgan fingerprint density at radius 3 is 3.00 bits per heavy atom. The van der Waals surface area contributed by atoms with Gasteiger partial charge in [0.25, 0.3) is 5.56 Å². The average molecular weight is 414 g/mol. The summed E-state index contributed by atoms with van der Waals surface area (Å²) in [6, 6.07) is 10.1. The van der Waals surface area contributed by atoms with Crippen LogP contribution in [0.4, 0.5) is 0 Å². The van der Waals surface area contributed by atoms with Crippen LogP contribution in [0.5, 0.6) is 0 Å². The van der Waals surface area contributed by atoms with E-state index in [1.807, 2.05) is 18.2 Å². The van der Waals surface area contributed by atoms with Crippen LogP contribution >= 0.6 is 23.1 Å². The third-order valence-electron chi connectivity index (χ3n) is 5.03. The third kappa shape index (κ3) is 4.15. The number of benzene rings is 1. The topological polar surface area (TPSA) is 64.0 Å². The van der Waals surface area contributed by atoms with Gasteiger partial charge in [-0.2, -0.15) is 0 Å². The number of fused-ring (bicyclic) bond motifs is 3. The smallest absolute Gasteiger partial charge is 0.262 e. The summed E-state index contributed by atoms with van der Waals surface area (Å²) in [4.78, 5) is 33.0. The minimum absolute atomic E-state index is 0.0127. The number of aromatic nitrogens is 2. The van der Waals surface area contributed by atoms with E-state index in [2.05, 4.69) is 29.4 Å². The fourth-order valence-electron chi connectivity index (χ4n) is 3.57. The van der Waals surface area contributed by atoms with Crippen LogP contribution in [0.3, 0.4) is 0 Å². The summed E-state index contributed by atoms with van der Waals surface area (Å²) in [7, 11) is 0. The molecule has 3 aromatic rings. The van der Waals surface area contributed by atoms with Crippen LogP contribution in [-0.2, 0) is 24.2 Å². The first-order valence-corrected chi connectivity index (χ1v) is 11.4. The normalized spacial score (nSPS) is 16.1. The summed E-state index contributed by atoms with van der Waals surface area (Å²) in [6.07, 6.45) is 4.57. The maximum Gasteiger partial charge on any atom is 0.262 e. The van der Waals surface area contributed by atoms with E-state index in [0.29, 0.717) is 12.5 Å². The van der Waals surface area contributed by atoms with E-state index >= 15 is 0 Å². The highest BCUT2D eigenvalue weighted by Crippen LogP contribution is 2.35. The standard InChI is InChI=1S/C21H23N3O2S2/c1-14-7-8-16-17(11-14)28-20-19(16)21(26)24(13-23-20)12-18(25)22-9-10-27-15-5-3-2-4-6-15/h2-6,13-14H,7-12H2,1H3,(H,22,25)/t14-/m0/s1. The Hall–Kier alpha value is -2.12. The largest absolute Gasteiger partial charge is 0.354 e. The second kappa shape index (κ2) is 8.49. The summed E-state index contributed by atoms with van der Waals surface area (Å²) in [5, 5.41) is 3.62. The lowest BCUT2D eigenvalue weighted by molar-refractivity contribution is -0.121. The molecule has 1 aliphatic rings. The van der Waals surface area contributed by atoms with Gasteiger partial charge in [-0.1, -0.05) is 25.1 Å². The van der Waals surface area contributed by atoms with Crippen LogP contribution in [0.15, 0.2) is 46.3 Å². The molecule has 2 aromatic heterocycles. The maximum absolute atomic E-state index is 12.9. The lowest BCUT2D eigenvalue weighted by atomic mass is 9.89. The molecule has 1 atom stereocenters. The number of carbonyl (C=O) groups excluding carboxylic acids is 1. The molecule has 1 aliphatic carbocycles. The van der Waals surface area contributed by atoms with Crippen LogP contribution in [-0.4, -0.2) is 27.8 Å². The van der Waals surface area contributed by atoms with E-state index < -0.39 is 0 Å². The molecule has 4 rings (SSSR count). The van der Waals surface area contributed by atoms with Crippen LogP contribution in [0.25, 0.3) is 10.2 Å². The number of amides is 1. The first kappa shape index (κ1) is 19.2. The van der Waals surface area contributed by atoms with Gasteiger partial charge in [0.2, 0.25) is 5.91 Å². The van der Waals surface area contributed by atoms with Crippen molar-refractivity contribution >= 4 is 39.2 Å². The predicted octanol–water partition coefficient (Wildman–Crippen LogP) is 3.49. The van der Waals surface area contributed by atoms with Gasteiger partial charge in [-0.25, -0.2) is 4.98 Å². The van der Waals surface area contributed by atoms with Crippen molar-refractivity contribution in [3.05, 3.63) is 57.5 Å². The molecule has 146 valence electrons. The molecule has 2 heterocycles. The van der Waals surface area contributed by atoms with Gasteiger partial charge in [-0.05, 0) is 42.9 Å². The molecule has 0 fully saturated rings. The van der Waals surface area contributed by atoms with Crippen molar-refractivity contribution in [1.29, 1.82) is 0 Å². The Balaban J connectivity index is 1.39. The molecule has 5 nitrogen and oxygen atoms in total. The molecule has 1 amide bonds. The summed E-state index contributed by atoms with van der Waals surface area (Å²) in [6.45, 7) is 2.83. The van der Waals surface area contributed by atoms with E-state index in [1.165, 1.54) is 20.7 Å². The zero-order valence-corrected chi connectivity index (χ0v) is 17.4. The second-order valence-electron chi connectivity index (χ2n) is 7.22. The van der Waals surface area contributed by atoms with Crippen molar-refractivity contribution in [3.8, 4) is 0 Å². The monoisotopic (exact) mass is 413 g/mol. The summed E-state index contributed by atoms with van der Waals surface area (Å²) < 4.78 is 1.44. The first-order chi connectivity index (χ1) is 13.6. The number of carbonyl (C=O) groups is 1. The zero-order chi connectivity index (χ0) is 19.5. The number of aryl methyl sites for hydroxylation is 1. The van der Waals surface area contributed by atoms with Gasteiger partial charge in [0.15, 0.2) is 0 Å². The SMILES string of the molecule is C[C@H]1CCc2c(sc3ncn(CC(=O)NCCSc4ccccc4)c(=O)c23)C1. The predicted molar refractivity (Wildman–Crippen MR) is 115 cm³/mol. The average Bonchev–Trinajstić information content (AvgIpc) is 3.06.